The average Bonchev–Trinajstić information content (AvgIpc) is 2.30. The van der Waals surface area contributed by atoms with Crippen LogP contribution in [0.5, 0.6) is 0 Å². The molecule has 1 heteroatoms. The number of rotatable bonds is 2. The lowest BCUT2D eigenvalue weighted by molar-refractivity contribution is -0.0145. The fourth-order valence-electron chi connectivity index (χ4n) is 2.52. The van der Waals surface area contributed by atoms with Gasteiger partial charge in [0, 0.05) is 5.41 Å². The van der Waals surface area contributed by atoms with Crippen molar-refractivity contribution in [2.45, 2.75) is 39.2 Å². The lowest BCUT2D eigenvalue weighted by atomic mass is 9.72. The molecule has 0 bridgehead atoms. The van der Waals surface area contributed by atoms with Crippen molar-refractivity contribution in [3.8, 4) is 0 Å². The first-order chi connectivity index (χ1) is 7.27. The maximum absolute atomic E-state index is 5.92. The highest BCUT2D eigenvalue weighted by Crippen LogP contribution is 2.40. The maximum atomic E-state index is 5.92. The average molecular weight is 204 g/mol. The third-order valence-electron chi connectivity index (χ3n) is 3.71. The Labute approximate surface area is 92.5 Å². The van der Waals surface area contributed by atoms with Crippen LogP contribution in [0.25, 0.3) is 0 Å². The first kappa shape index (κ1) is 10.7. The first-order valence-corrected chi connectivity index (χ1v) is 5.88. The van der Waals surface area contributed by atoms with Gasteiger partial charge in [-0.1, -0.05) is 42.9 Å². The first-order valence-electron chi connectivity index (χ1n) is 5.88. The van der Waals surface area contributed by atoms with Crippen molar-refractivity contribution in [3.05, 3.63) is 36.0 Å². The van der Waals surface area contributed by atoms with Crippen molar-refractivity contribution in [2.75, 3.05) is 6.61 Å². The molecule has 0 amide bonds. The Morgan fingerprint density at radius 3 is 2.93 bits per heavy atom. The molecule has 15 heavy (non-hydrogen) atoms. The molecular weight excluding hydrogens is 184 g/mol. The van der Waals surface area contributed by atoms with E-state index >= 15 is 0 Å². The van der Waals surface area contributed by atoms with E-state index in [1.165, 1.54) is 5.57 Å². The van der Waals surface area contributed by atoms with Gasteiger partial charge in [-0.05, 0) is 26.2 Å². The van der Waals surface area contributed by atoms with Gasteiger partial charge in [-0.3, -0.25) is 0 Å². The van der Waals surface area contributed by atoms with Gasteiger partial charge in [0.05, 0.1) is 12.7 Å². The van der Waals surface area contributed by atoms with E-state index in [-0.39, 0.29) is 5.41 Å². The lowest BCUT2D eigenvalue weighted by Crippen LogP contribution is -2.37. The minimum absolute atomic E-state index is 0.240. The zero-order valence-electron chi connectivity index (χ0n) is 9.70. The molecule has 1 nitrogen and oxygen atoms in total. The molecule has 0 aromatic heterocycles. The highest BCUT2D eigenvalue weighted by Gasteiger charge is 2.36. The third-order valence-corrected chi connectivity index (χ3v) is 3.71. The number of ether oxygens (including phenoxy) is 1. The molecule has 2 aliphatic rings. The van der Waals surface area contributed by atoms with Crippen LogP contribution in [0.1, 0.15) is 33.1 Å². The van der Waals surface area contributed by atoms with Crippen molar-refractivity contribution in [2.24, 2.45) is 5.41 Å². The van der Waals surface area contributed by atoms with Crippen LogP contribution in [0, 0.1) is 5.41 Å². The second-order valence-corrected chi connectivity index (χ2v) is 4.65. The molecule has 1 aliphatic heterocycles. The molecule has 1 heterocycles. The summed E-state index contributed by atoms with van der Waals surface area (Å²) in [6, 6.07) is 0. The zero-order valence-corrected chi connectivity index (χ0v) is 9.70. The van der Waals surface area contributed by atoms with Crippen LogP contribution < -0.4 is 0 Å². The summed E-state index contributed by atoms with van der Waals surface area (Å²) in [7, 11) is 0. The quantitative estimate of drug-likeness (QED) is 0.624. The van der Waals surface area contributed by atoms with Gasteiger partial charge >= 0.3 is 0 Å². The molecule has 0 fully saturated rings. The number of hydrogen-bond donors (Lipinski definition) is 0. The molecule has 2 unspecified atom stereocenters. The monoisotopic (exact) mass is 204 g/mol. The van der Waals surface area contributed by atoms with Gasteiger partial charge in [0.2, 0.25) is 0 Å². The van der Waals surface area contributed by atoms with Crippen molar-refractivity contribution in [1.82, 2.24) is 0 Å². The van der Waals surface area contributed by atoms with Crippen LogP contribution in [0.15, 0.2) is 36.0 Å². The molecule has 0 spiro atoms. The van der Waals surface area contributed by atoms with E-state index in [2.05, 4.69) is 44.2 Å². The van der Waals surface area contributed by atoms with Crippen molar-refractivity contribution < 1.29 is 4.74 Å². The summed E-state index contributed by atoms with van der Waals surface area (Å²) in [5.41, 5.74) is 1.71. The summed E-state index contributed by atoms with van der Waals surface area (Å²) >= 11 is 0. The van der Waals surface area contributed by atoms with E-state index in [4.69, 9.17) is 4.74 Å². The van der Waals surface area contributed by atoms with Gasteiger partial charge in [0.1, 0.15) is 0 Å². The van der Waals surface area contributed by atoms with Gasteiger partial charge in [0.15, 0.2) is 0 Å². The second-order valence-electron chi connectivity index (χ2n) is 4.65. The molecule has 0 saturated carbocycles. The largest absolute Gasteiger partial charge is 0.373 e. The van der Waals surface area contributed by atoms with Crippen molar-refractivity contribution >= 4 is 0 Å². The Bertz CT molecular complexity index is 311. The summed E-state index contributed by atoms with van der Waals surface area (Å²) in [6.45, 7) is 5.26. The molecule has 0 aromatic rings. The van der Waals surface area contributed by atoms with Crippen LogP contribution in [0.2, 0.25) is 0 Å². The normalized spacial score (nSPS) is 35.3. The van der Waals surface area contributed by atoms with Crippen LogP contribution in [-0.4, -0.2) is 12.7 Å². The molecule has 1 aliphatic carbocycles. The molecule has 0 aromatic carbocycles. The Kier molecular flexibility index (Phi) is 3.11. The molecule has 0 saturated heterocycles. The molecule has 0 radical (unpaired) electrons. The predicted octanol–water partition coefficient (Wildman–Crippen LogP) is 3.63. The van der Waals surface area contributed by atoms with E-state index in [0.29, 0.717) is 6.10 Å². The fourth-order valence-corrected chi connectivity index (χ4v) is 2.52. The molecule has 82 valence electrons. The Morgan fingerprint density at radius 2 is 2.33 bits per heavy atom. The van der Waals surface area contributed by atoms with E-state index in [1.807, 2.05) is 0 Å². The maximum Gasteiger partial charge on any atom is 0.0709 e. The van der Waals surface area contributed by atoms with E-state index < -0.39 is 0 Å². The molecule has 0 N–H and O–H groups in total. The van der Waals surface area contributed by atoms with Gasteiger partial charge in [-0.15, -0.1) is 0 Å². The number of allylic oxidation sites excluding steroid dienone is 3. The van der Waals surface area contributed by atoms with E-state index in [9.17, 15) is 0 Å². The van der Waals surface area contributed by atoms with Gasteiger partial charge in [-0.2, -0.15) is 0 Å². The topological polar surface area (TPSA) is 9.23 Å². The van der Waals surface area contributed by atoms with Gasteiger partial charge < -0.3 is 4.74 Å². The molecule has 2 atom stereocenters. The number of hydrogen-bond acceptors (Lipinski definition) is 1. The Morgan fingerprint density at radius 1 is 1.47 bits per heavy atom. The van der Waals surface area contributed by atoms with E-state index in [1.54, 1.807) is 0 Å². The van der Waals surface area contributed by atoms with Crippen LogP contribution in [0.4, 0.5) is 0 Å². The Balaban J connectivity index is 2.16. The van der Waals surface area contributed by atoms with Crippen LogP contribution in [0.3, 0.4) is 0 Å². The fraction of sp³-hybridized carbons (Fsp3) is 0.571. The van der Waals surface area contributed by atoms with E-state index in [0.717, 1.165) is 25.9 Å². The smallest absolute Gasteiger partial charge is 0.0709 e. The van der Waals surface area contributed by atoms with Crippen LogP contribution >= 0.6 is 0 Å². The van der Waals surface area contributed by atoms with Crippen LogP contribution in [-0.2, 0) is 4.74 Å². The van der Waals surface area contributed by atoms with Crippen molar-refractivity contribution in [3.63, 3.8) is 0 Å². The SMILES string of the molecule is CCC1(C2CC(C)=CCO2)C=CC=CC1. The summed E-state index contributed by atoms with van der Waals surface area (Å²) < 4.78 is 5.92. The summed E-state index contributed by atoms with van der Waals surface area (Å²) in [5, 5.41) is 0. The Hall–Kier alpha value is -0.820. The second kappa shape index (κ2) is 4.36. The lowest BCUT2D eigenvalue weighted by Gasteiger charge is -2.40. The molecule has 2 rings (SSSR count). The minimum Gasteiger partial charge on any atom is -0.373 e. The zero-order chi connectivity index (χ0) is 10.7. The third kappa shape index (κ3) is 2.07. The van der Waals surface area contributed by atoms with Crippen molar-refractivity contribution in [1.29, 1.82) is 0 Å². The highest BCUT2D eigenvalue weighted by molar-refractivity contribution is 5.20. The summed E-state index contributed by atoms with van der Waals surface area (Å²) in [6.07, 6.45) is 14.9. The predicted molar refractivity (Wildman–Crippen MR) is 63.7 cm³/mol. The highest BCUT2D eigenvalue weighted by atomic mass is 16.5. The summed E-state index contributed by atoms with van der Waals surface area (Å²) in [4.78, 5) is 0. The van der Waals surface area contributed by atoms with Gasteiger partial charge in [0.25, 0.3) is 0 Å². The summed E-state index contributed by atoms with van der Waals surface area (Å²) in [5.74, 6) is 0. The van der Waals surface area contributed by atoms with Gasteiger partial charge in [-0.25, -0.2) is 0 Å². The standard InChI is InChI=1S/C14H20O/c1-3-14(8-5-4-6-9-14)13-11-12(2)7-10-15-13/h4-8,13H,3,9-11H2,1-2H3. The minimum atomic E-state index is 0.240. The molecular formula is C14H20O.